The number of carbonyl (C=O) groups excluding carboxylic acids is 2. The molecule has 0 saturated carbocycles. The van der Waals surface area contributed by atoms with Crippen LogP contribution in [-0.2, 0) is 26.2 Å². The van der Waals surface area contributed by atoms with E-state index in [2.05, 4.69) is 5.32 Å². The Kier molecular flexibility index (Phi) is 10.0. The molecule has 0 aliphatic carbocycles. The molecule has 0 spiro atoms. The standard InChI is InChI=1S/C29H33Cl2N3O4S/c1-19(2)32-29(36)22(5)33(17-23-14-15-24(30)16-26(23)31)28(35)18-34(27-13-9-10-20(3)21(27)4)39(37,38)25-11-7-6-8-12-25/h6-16,19,22H,17-18H2,1-5H3,(H,32,36). The summed E-state index contributed by atoms with van der Waals surface area (Å²) < 4.78 is 28.9. The van der Waals surface area contributed by atoms with Crippen molar-refractivity contribution in [2.24, 2.45) is 0 Å². The number of nitrogens with one attached hydrogen (secondary N) is 1. The van der Waals surface area contributed by atoms with E-state index >= 15 is 0 Å². The Morgan fingerprint density at radius 1 is 0.923 bits per heavy atom. The van der Waals surface area contributed by atoms with Gasteiger partial charge in [-0.3, -0.25) is 13.9 Å². The zero-order chi connectivity index (χ0) is 28.9. The number of amides is 2. The average Bonchev–Trinajstić information content (AvgIpc) is 2.88. The molecule has 1 unspecified atom stereocenters. The first-order valence-corrected chi connectivity index (χ1v) is 14.7. The fourth-order valence-electron chi connectivity index (χ4n) is 4.06. The molecule has 1 atom stereocenters. The smallest absolute Gasteiger partial charge is 0.264 e. The molecule has 208 valence electrons. The molecule has 7 nitrogen and oxygen atoms in total. The molecular formula is C29H33Cl2N3O4S. The van der Waals surface area contributed by atoms with Gasteiger partial charge in [-0.2, -0.15) is 0 Å². The van der Waals surface area contributed by atoms with E-state index < -0.39 is 28.5 Å². The molecule has 3 rings (SSSR count). The molecule has 2 amide bonds. The first-order chi connectivity index (χ1) is 18.3. The number of hydrogen-bond acceptors (Lipinski definition) is 4. The third kappa shape index (κ3) is 7.32. The fourth-order valence-corrected chi connectivity index (χ4v) is 6.02. The van der Waals surface area contributed by atoms with Gasteiger partial charge in [0.15, 0.2) is 0 Å². The predicted octanol–water partition coefficient (Wildman–Crippen LogP) is 5.75. The molecule has 0 heterocycles. The van der Waals surface area contributed by atoms with E-state index in [0.717, 1.165) is 15.4 Å². The lowest BCUT2D eigenvalue weighted by Crippen LogP contribution is -2.52. The lowest BCUT2D eigenvalue weighted by molar-refractivity contribution is -0.139. The van der Waals surface area contributed by atoms with Gasteiger partial charge in [-0.1, -0.05) is 59.6 Å². The maximum atomic E-state index is 14.0. The Balaban J connectivity index is 2.09. The molecule has 39 heavy (non-hydrogen) atoms. The molecule has 0 aliphatic rings. The summed E-state index contributed by atoms with van der Waals surface area (Å²) in [4.78, 5) is 28.4. The van der Waals surface area contributed by atoms with Crippen molar-refractivity contribution in [2.45, 2.75) is 58.1 Å². The summed E-state index contributed by atoms with van der Waals surface area (Å²) in [6, 6.07) is 17.1. The molecule has 10 heteroatoms. The zero-order valence-electron chi connectivity index (χ0n) is 22.6. The van der Waals surface area contributed by atoms with Crippen molar-refractivity contribution in [3.63, 3.8) is 0 Å². The highest BCUT2D eigenvalue weighted by Crippen LogP contribution is 2.29. The minimum absolute atomic E-state index is 0.0203. The third-order valence-corrected chi connectivity index (χ3v) is 8.77. The number of halogens is 2. The molecule has 3 aromatic carbocycles. The summed E-state index contributed by atoms with van der Waals surface area (Å²) in [7, 11) is -4.13. The molecular weight excluding hydrogens is 557 g/mol. The van der Waals surface area contributed by atoms with Gasteiger partial charge in [0.2, 0.25) is 11.8 Å². The SMILES string of the molecule is Cc1cccc(N(CC(=O)N(Cc2ccc(Cl)cc2Cl)C(C)C(=O)NC(C)C)S(=O)(=O)c2ccccc2)c1C. The van der Waals surface area contributed by atoms with Crippen LogP contribution in [0.5, 0.6) is 0 Å². The Hall–Kier alpha value is -3.07. The molecule has 0 aromatic heterocycles. The minimum atomic E-state index is -4.13. The molecule has 0 fully saturated rings. The van der Waals surface area contributed by atoms with Crippen LogP contribution in [0.25, 0.3) is 0 Å². The largest absolute Gasteiger partial charge is 0.352 e. The van der Waals surface area contributed by atoms with Crippen LogP contribution in [0.2, 0.25) is 10.0 Å². The van der Waals surface area contributed by atoms with Crippen molar-refractivity contribution < 1.29 is 18.0 Å². The van der Waals surface area contributed by atoms with E-state index in [1.165, 1.54) is 17.0 Å². The van der Waals surface area contributed by atoms with Gasteiger partial charge in [0.25, 0.3) is 10.0 Å². The van der Waals surface area contributed by atoms with Crippen LogP contribution >= 0.6 is 23.2 Å². The van der Waals surface area contributed by atoms with Gasteiger partial charge in [-0.25, -0.2) is 8.42 Å². The second-order valence-electron chi connectivity index (χ2n) is 9.64. The lowest BCUT2D eigenvalue weighted by atomic mass is 10.1. The van der Waals surface area contributed by atoms with Crippen LogP contribution in [0.1, 0.15) is 37.5 Å². The Morgan fingerprint density at radius 2 is 1.59 bits per heavy atom. The van der Waals surface area contributed by atoms with Crippen LogP contribution in [0, 0.1) is 13.8 Å². The minimum Gasteiger partial charge on any atom is -0.352 e. The maximum Gasteiger partial charge on any atom is 0.264 e. The first-order valence-electron chi connectivity index (χ1n) is 12.5. The average molecular weight is 591 g/mol. The number of carbonyl (C=O) groups is 2. The fraction of sp³-hybridized carbons (Fsp3) is 0.310. The number of hydrogen-bond donors (Lipinski definition) is 1. The van der Waals surface area contributed by atoms with Crippen LogP contribution in [-0.4, -0.2) is 43.8 Å². The van der Waals surface area contributed by atoms with E-state index in [1.54, 1.807) is 55.5 Å². The van der Waals surface area contributed by atoms with Crippen LogP contribution < -0.4 is 9.62 Å². The normalized spacial score (nSPS) is 12.2. The topological polar surface area (TPSA) is 86.8 Å². The monoisotopic (exact) mass is 589 g/mol. The summed E-state index contributed by atoms with van der Waals surface area (Å²) in [5.41, 5.74) is 2.56. The highest BCUT2D eigenvalue weighted by molar-refractivity contribution is 7.92. The number of rotatable bonds is 10. The van der Waals surface area contributed by atoms with Crippen LogP contribution in [0.4, 0.5) is 5.69 Å². The molecule has 0 bridgehead atoms. The molecule has 0 saturated heterocycles. The van der Waals surface area contributed by atoms with Crippen molar-refractivity contribution in [1.82, 2.24) is 10.2 Å². The summed E-state index contributed by atoms with van der Waals surface area (Å²) in [5.74, 6) is -0.930. The number of benzene rings is 3. The summed E-state index contributed by atoms with van der Waals surface area (Å²) >= 11 is 12.5. The van der Waals surface area contributed by atoms with Gasteiger partial charge in [0.1, 0.15) is 12.6 Å². The van der Waals surface area contributed by atoms with E-state index in [0.29, 0.717) is 21.3 Å². The zero-order valence-corrected chi connectivity index (χ0v) is 24.9. The van der Waals surface area contributed by atoms with Gasteiger partial charge in [-0.05, 0) is 81.6 Å². The van der Waals surface area contributed by atoms with Gasteiger partial charge in [0, 0.05) is 22.6 Å². The summed E-state index contributed by atoms with van der Waals surface area (Å²) in [6.07, 6.45) is 0. The van der Waals surface area contributed by atoms with Crippen LogP contribution in [0.15, 0.2) is 71.6 Å². The summed E-state index contributed by atoms with van der Waals surface area (Å²) in [5, 5.41) is 3.59. The van der Waals surface area contributed by atoms with Crippen molar-refractivity contribution >= 4 is 50.7 Å². The van der Waals surface area contributed by atoms with E-state index in [9.17, 15) is 18.0 Å². The van der Waals surface area contributed by atoms with E-state index in [1.807, 2.05) is 33.8 Å². The summed E-state index contributed by atoms with van der Waals surface area (Å²) in [6.45, 7) is 8.39. The molecule has 1 N–H and O–H groups in total. The van der Waals surface area contributed by atoms with Gasteiger partial charge in [0.05, 0.1) is 10.6 Å². The van der Waals surface area contributed by atoms with Crippen molar-refractivity contribution in [3.8, 4) is 0 Å². The van der Waals surface area contributed by atoms with E-state index in [4.69, 9.17) is 23.2 Å². The number of nitrogens with zero attached hydrogens (tertiary/aromatic N) is 2. The van der Waals surface area contributed by atoms with Crippen molar-refractivity contribution in [2.75, 3.05) is 10.8 Å². The third-order valence-electron chi connectivity index (χ3n) is 6.41. The molecule has 0 radical (unpaired) electrons. The highest BCUT2D eigenvalue weighted by Gasteiger charge is 2.33. The molecule has 3 aromatic rings. The first kappa shape index (κ1) is 30.5. The van der Waals surface area contributed by atoms with Crippen molar-refractivity contribution in [3.05, 3.63) is 93.5 Å². The second kappa shape index (κ2) is 12.9. The van der Waals surface area contributed by atoms with Gasteiger partial charge >= 0.3 is 0 Å². The number of aryl methyl sites for hydroxylation is 1. The van der Waals surface area contributed by atoms with Crippen LogP contribution in [0.3, 0.4) is 0 Å². The van der Waals surface area contributed by atoms with Crippen molar-refractivity contribution in [1.29, 1.82) is 0 Å². The second-order valence-corrected chi connectivity index (χ2v) is 12.3. The predicted molar refractivity (Wildman–Crippen MR) is 157 cm³/mol. The van der Waals surface area contributed by atoms with Gasteiger partial charge in [-0.15, -0.1) is 0 Å². The van der Waals surface area contributed by atoms with Gasteiger partial charge < -0.3 is 10.2 Å². The van der Waals surface area contributed by atoms with E-state index in [-0.39, 0.29) is 23.4 Å². The number of anilines is 1. The lowest BCUT2D eigenvalue weighted by Gasteiger charge is -2.33. The maximum absolute atomic E-state index is 14.0. The highest BCUT2D eigenvalue weighted by atomic mass is 35.5. The Bertz CT molecular complexity index is 1450. The quantitative estimate of drug-likeness (QED) is 0.326. The Labute approximate surface area is 240 Å². The Morgan fingerprint density at radius 3 is 2.21 bits per heavy atom. The molecule has 0 aliphatic heterocycles. The number of sulfonamides is 1.